The number of halogens is 3. The van der Waals surface area contributed by atoms with Gasteiger partial charge >= 0.3 is 181 Å². The molecule has 0 spiro atoms. The third-order valence-electron chi connectivity index (χ3n) is 4.90. The van der Waals surface area contributed by atoms with Crippen molar-refractivity contribution in [1.29, 1.82) is 0 Å². The predicted molar refractivity (Wildman–Crippen MR) is 107 cm³/mol. The molecule has 162 valence electrons. The molecule has 1 amide bonds. The monoisotopic (exact) mass is 498 g/mol. The molecule has 0 saturated heterocycles. The molecule has 2 N–H and O–H groups in total. The van der Waals surface area contributed by atoms with Gasteiger partial charge in [0, 0.05) is 0 Å². The second-order valence-corrected chi connectivity index (χ2v) is 9.23. The molecule has 1 fully saturated rings. The first-order valence-corrected chi connectivity index (χ1v) is 11.1. The molecule has 6 nitrogen and oxygen atoms in total. The molecule has 2 heterocycles. The zero-order chi connectivity index (χ0) is 22.3. The summed E-state index contributed by atoms with van der Waals surface area (Å²) in [4.78, 5) is 28.7. The normalized spacial score (nSPS) is 18.1. The predicted octanol–water partition coefficient (Wildman–Crippen LogP) is 3.62. The number of nitrogens with zero attached hydrogens (tertiary/aromatic N) is 1. The summed E-state index contributed by atoms with van der Waals surface area (Å²) < 4.78 is 48.1. The topological polar surface area (TPSA) is 91.5 Å². The van der Waals surface area contributed by atoms with Gasteiger partial charge in [-0.3, -0.25) is 0 Å². The summed E-state index contributed by atoms with van der Waals surface area (Å²) in [6.45, 7) is 2.04. The number of primary amides is 1. The number of ether oxygens (including phenoxy) is 2. The molecule has 2 atom stereocenters. The van der Waals surface area contributed by atoms with Crippen LogP contribution in [0.25, 0.3) is 20.9 Å². The zero-order valence-electron chi connectivity index (χ0n) is 16.2. The Kier molecular flexibility index (Phi) is 5.53. The molecule has 0 unspecified atom stereocenters. The van der Waals surface area contributed by atoms with Crippen LogP contribution in [0.1, 0.15) is 34.2 Å². The van der Waals surface area contributed by atoms with Gasteiger partial charge in [0.1, 0.15) is 0 Å². The molecule has 31 heavy (non-hydrogen) atoms. The van der Waals surface area contributed by atoms with Crippen molar-refractivity contribution in [2.45, 2.75) is 25.6 Å². The summed E-state index contributed by atoms with van der Waals surface area (Å²) >= 11 is -0.474. The fourth-order valence-electron chi connectivity index (χ4n) is 3.53. The fraction of sp³-hybridized carbons (Fsp3) is 0.286. The summed E-state index contributed by atoms with van der Waals surface area (Å²) in [5, 5.41) is 0.443. The number of carbonyl (C=O) groups is 2. The number of hydrogen-bond acceptors (Lipinski definition) is 5. The van der Waals surface area contributed by atoms with E-state index in [1.54, 1.807) is 25.1 Å². The molecule has 1 saturated carbocycles. The van der Waals surface area contributed by atoms with E-state index >= 15 is 0 Å². The van der Waals surface area contributed by atoms with Crippen molar-refractivity contribution in [2.24, 2.45) is 11.7 Å². The van der Waals surface area contributed by atoms with Gasteiger partial charge in [0.15, 0.2) is 0 Å². The van der Waals surface area contributed by atoms with E-state index in [9.17, 15) is 22.8 Å². The Hall–Kier alpha value is -2.84. The Bertz CT molecular complexity index is 1180. The summed E-state index contributed by atoms with van der Waals surface area (Å²) in [6, 6.07) is 9.17. The van der Waals surface area contributed by atoms with E-state index in [0.29, 0.717) is 44.1 Å². The molecule has 1 aliphatic rings. The van der Waals surface area contributed by atoms with Crippen LogP contribution in [0.2, 0.25) is 0 Å². The zero-order valence-corrected chi connectivity index (χ0v) is 17.9. The summed E-state index contributed by atoms with van der Waals surface area (Å²) in [5.41, 5.74) is 7.06. The maximum absolute atomic E-state index is 12.7. The van der Waals surface area contributed by atoms with Gasteiger partial charge in [-0.2, -0.15) is 0 Å². The Labute approximate surface area is 180 Å². The number of hydrogen-bond donors (Lipinski definition) is 1. The Balaban J connectivity index is 1.76. The van der Waals surface area contributed by atoms with Crippen LogP contribution in [0.3, 0.4) is 0 Å². The van der Waals surface area contributed by atoms with Crippen molar-refractivity contribution < 1.29 is 32.2 Å². The molecule has 1 aliphatic carbocycles. The number of fused-ring (bicyclic) bond motifs is 1. The van der Waals surface area contributed by atoms with Gasteiger partial charge in [0.05, 0.1) is 0 Å². The number of alkyl halides is 3. The van der Waals surface area contributed by atoms with Gasteiger partial charge in [0.2, 0.25) is 0 Å². The van der Waals surface area contributed by atoms with Gasteiger partial charge in [-0.05, 0) is 0 Å². The number of amides is 1. The first kappa shape index (κ1) is 21.4. The summed E-state index contributed by atoms with van der Waals surface area (Å²) in [6.07, 6.45) is -4.22. The van der Waals surface area contributed by atoms with Gasteiger partial charge < -0.3 is 0 Å². The standard InChI is InChI=1S/C21H17F3N2O4Se/c1-2-29-20(28)12-9-11(12)14-4-3-5-15(26-14)17-13-8-10(30-21(22,23)24)6-7-16(13)31-18(17)19(25)27/h3-8,11-12H,2,9H2,1H3,(H2,25,27)/t11-,12-/m1/s1. The quantitative estimate of drug-likeness (QED) is 0.415. The van der Waals surface area contributed by atoms with Gasteiger partial charge in [0.25, 0.3) is 0 Å². The van der Waals surface area contributed by atoms with Crippen molar-refractivity contribution in [3.63, 3.8) is 0 Å². The number of benzene rings is 1. The Morgan fingerprint density at radius 3 is 2.71 bits per heavy atom. The number of nitrogens with two attached hydrogens (primary N) is 1. The molecule has 10 heteroatoms. The molecule has 0 bridgehead atoms. The van der Waals surface area contributed by atoms with E-state index in [-0.39, 0.29) is 23.6 Å². The van der Waals surface area contributed by atoms with Crippen LogP contribution in [0.15, 0.2) is 36.4 Å². The van der Waals surface area contributed by atoms with Gasteiger partial charge in [-0.1, -0.05) is 0 Å². The number of carbonyl (C=O) groups excluding carboxylic acids is 2. The van der Waals surface area contributed by atoms with Crippen molar-refractivity contribution in [2.75, 3.05) is 6.61 Å². The minimum absolute atomic E-state index is 0.0945. The molecule has 0 radical (unpaired) electrons. The number of aromatic nitrogens is 1. The van der Waals surface area contributed by atoms with E-state index in [2.05, 4.69) is 9.72 Å². The number of pyridine rings is 1. The van der Waals surface area contributed by atoms with E-state index < -0.39 is 26.8 Å². The molecule has 3 aromatic rings. The summed E-state index contributed by atoms with van der Waals surface area (Å²) in [5.74, 6) is -1.67. The summed E-state index contributed by atoms with van der Waals surface area (Å²) in [7, 11) is 0. The van der Waals surface area contributed by atoms with E-state index in [0.717, 1.165) is 0 Å². The first-order valence-electron chi connectivity index (χ1n) is 9.44. The molecular weight excluding hydrogens is 480 g/mol. The Morgan fingerprint density at radius 2 is 2.03 bits per heavy atom. The van der Waals surface area contributed by atoms with Crippen molar-refractivity contribution in [3.8, 4) is 17.0 Å². The van der Waals surface area contributed by atoms with Gasteiger partial charge in [-0.15, -0.1) is 0 Å². The van der Waals surface area contributed by atoms with Crippen molar-refractivity contribution in [3.05, 3.63) is 46.5 Å². The molecule has 1 aromatic carbocycles. The first-order chi connectivity index (χ1) is 14.7. The average molecular weight is 497 g/mol. The molecular formula is C21H17F3N2O4Se. The SMILES string of the molecule is CCOC(=O)[C@@H]1C[C@H]1c1cccc(-c2c(C(N)=O)[se]c3ccc(OC(F)(F)F)cc23)n1. The number of rotatable bonds is 6. The van der Waals surface area contributed by atoms with Crippen LogP contribution >= 0.6 is 0 Å². The second-order valence-electron chi connectivity index (χ2n) is 7.02. The third kappa shape index (κ3) is 4.45. The fourth-order valence-corrected chi connectivity index (χ4v) is 5.72. The van der Waals surface area contributed by atoms with Gasteiger partial charge in [-0.25, -0.2) is 0 Å². The maximum atomic E-state index is 12.7. The van der Waals surface area contributed by atoms with Crippen LogP contribution in [0.5, 0.6) is 5.75 Å². The van der Waals surface area contributed by atoms with Crippen LogP contribution in [-0.2, 0) is 9.53 Å². The second kappa shape index (κ2) is 8.01. The van der Waals surface area contributed by atoms with Crippen LogP contribution in [-0.4, -0.2) is 44.3 Å². The molecule has 2 aromatic heterocycles. The average Bonchev–Trinajstić information content (AvgIpc) is 3.41. The third-order valence-corrected chi connectivity index (χ3v) is 7.39. The van der Waals surface area contributed by atoms with Crippen molar-refractivity contribution in [1.82, 2.24) is 4.98 Å². The van der Waals surface area contributed by atoms with Crippen LogP contribution in [0.4, 0.5) is 13.2 Å². The van der Waals surface area contributed by atoms with E-state index in [4.69, 9.17) is 10.5 Å². The molecule has 0 aliphatic heterocycles. The van der Waals surface area contributed by atoms with Crippen molar-refractivity contribution >= 4 is 36.0 Å². The molecule has 4 rings (SSSR count). The Morgan fingerprint density at radius 1 is 1.26 bits per heavy atom. The van der Waals surface area contributed by atoms with Crippen LogP contribution in [0, 0.1) is 5.92 Å². The van der Waals surface area contributed by atoms with E-state index in [1.165, 1.54) is 18.2 Å². The number of esters is 1. The van der Waals surface area contributed by atoms with E-state index in [1.807, 2.05) is 0 Å². The minimum atomic E-state index is -4.83. The van der Waals surface area contributed by atoms with Crippen LogP contribution < -0.4 is 10.5 Å².